The van der Waals surface area contributed by atoms with Crippen LogP contribution in [-0.2, 0) is 0 Å². The van der Waals surface area contributed by atoms with Crippen LogP contribution in [0.3, 0.4) is 0 Å². The summed E-state index contributed by atoms with van der Waals surface area (Å²) in [5, 5.41) is 9.80. The van der Waals surface area contributed by atoms with E-state index >= 15 is 0 Å². The number of hydrogen-bond acceptors (Lipinski definition) is 2. The van der Waals surface area contributed by atoms with Crippen LogP contribution in [0.15, 0.2) is 328 Å². The normalized spacial score (nSPS) is 11.9. The van der Waals surface area contributed by atoms with Crippen molar-refractivity contribution in [1.82, 2.24) is 8.80 Å². The van der Waals surface area contributed by atoms with E-state index in [9.17, 15) is 0 Å². The van der Waals surface area contributed by atoms with Gasteiger partial charge in [0.05, 0.1) is 33.1 Å². The van der Waals surface area contributed by atoms with Crippen molar-refractivity contribution in [3.63, 3.8) is 0 Å². The number of aromatic nitrogens is 2. The van der Waals surface area contributed by atoms with Gasteiger partial charge in [-0.25, -0.2) is 0 Å². The van der Waals surface area contributed by atoms with Gasteiger partial charge in [-0.1, -0.05) is 261 Å². The fraction of sp³-hybridized carbons (Fsp3) is 0.0426. The first kappa shape index (κ1) is 57.0. The van der Waals surface area contributed by atoms with Crippen molar-refractivity contribution in [3.8, 4) is 66.8 Å². The minimum Gasteiger partial charge on any atom is -0.310 e. The molecule has 0 N–H and O–H groups in total. The van der Waals surface area contributed by atoms with E-state index < -0.39 is 0 Å². The van der Waals surface area contributed by atoms with Crippen LogP contribution in [-0.4, -0.2) is 8.80 Å². The summed E-state index contributed by atoms with van der Waals surface area (Å²) in [5.41, 5.74) is 33.0. The number of anilines is 6. The summed E-state index contributed by atoms with van der Waals surface area (Å²) in [6.45, 7) is 8.97. The molecule has 4 heteroatoms. The Morgan fingerprint density at radius 3 is 0.959 bits per heavy atom. The monoisotopic (exact) mass is 1250 g/mol. The fourth-order valence-electron chi connectivity index (χ4n) is 16.2. The lowest BCUT2D eigenvalue weighted by atomic mass is 9.89. The van der Waals surface area contributed by atoms with Gasteiger partial charge >= 0.3 is 0 Å². The third-order valence-corrected chi connectivity index (χ3v) is 20.7. The SMILES string of the molecule is Cc1cc(-c2ccccc2)cc(N(c2ccc3c(c2)c2cccc4c5c(-c6ccccc6)c6c(c(-c7ccccc7)c5n3c24)c2cccc3c4cc(N(c5cc(-c7ccccc7)ccc5C)c5cc(-c7ccccc7)ccc5C)ccc4n6c32)c2cc(-c3ccccc3)ccc2C)c1. The zero-order valence-electron chi connectivity index (χ0n) is 55.0. The molecule has 4 aromatic heterocycles. The largest absolute Gasteiger partial charge is 0.310 e. The molecule has 0 unspecified atom stereocenters. The molecule has 0 aliphatic carbocycles. The molecule has 0 saturated carbocycles. The maximum Gasteiger partial charge on any atom is 0.0634 e. The van der Waals surface area contributed by atoms with Crippen molar-refractivity contribution in [1.29, 1.82) is 0 Å². The molecule has 0 radical (unpaired) electrons. The predicted octanol–water partition coefficient (Wildman–Crippen LogP) is 26.2. The lowest BCUT2D eigenvalue weighted by molar-refractivity contribution is 1.23. The quantitative estimate of drug-likeness (QED) is 0.121. The van der Waals surface area contributed by atoms with Crippen LogP contribution >= 0.6 is 0 Å². The maximum atomic E-state index is 2.64. The highest BCUT2D eigenvalue weighted by Crippen LogP contribution is 2.55. The Labute approximate surface area is 569 Å². The molecule has 4 heterocycles. The van der Waals surface area contributed by atoms with Gasteiger partial charge < -0.3 is 18.6 Å². The first-order valence-corrected chi connectivity index (χ1v) is 34.1. The Morgan fingerprint density at radius 2 is 0.561 bits per heavy atom. The first-order chi connectivity index (χ1) is 48.3. The van der Waals surface area contributed by atoms with Crippen molar-refractivity contribution in [2.45, 2.75) is 27.7 Å². The van der Waals surface area contributed by atoms with Crippen LogP contribution in [0.5, 0.6) is 0 Å². The molecule has 0 spiro atoms. The van der Waals surface area contributed by atoms with E-state index in [0.717, 1.165) is 34.1 Å². The minimum atomic E-state index is 1.10. The molecule has 19 aromatic rings. The highest BCUT2D eigenvalue weighted by atomic mass is 15.2. The molecule has 98 heavy (non-hydrogen) atoms. The maximum absolute atomic E-state index is 2.64. The molecule has 15 aromatic carbocycles. The van der Waals surface area contributed by atoms with Gasteiger partial charge in [0, 0.05) is 88.3 Å². The number of para-hydroxylation sites is 2. The zero-order chi connectivity index (χ0) is 65.3. The number of benzene rings is 15. The van der Waals surface area contributed by atoms with Gasteiger partial charge in [-0.15, -0.1) is 0 Å². The minimum absolute atomic E-state index is 1.10. The second-order valence-corrected chi connectivity index (χ2v) is 26.6. The Hall–Kier alpha value is -12.5. The molecule has 462 valence electrons. The van der Waals surface area contributed by atoms with Gasteiger partial charge in [0.25, 0.3) is 0 Å². The Balaban J connectivity index is 0.884. The Bertz CT molecular complexity index is 6220. The first-order valence-electron chi connectivity index (χ1n) is 34.1. The summed E-state index contributed by atoms with van der Waals surface area (Å²) < 4.78 is 5.27. The molecule has 4 nitrogen and oxygen atoms in total. The predicted molar refractivity (Wildman–Crippen MR) is 417 cm³/mol. The van der Waals surface area contributed by atoms with Crippen molar-refractivity contribution in [3.05, 3.63) is 350 Å². The van der Waals surface area contributed by atoms with Gasteiger partial charge in [-0.05, 0) is 172 Å². The van der Waals surface area contributed by atoms with Gasteiger partial charge in [0.2, 0.25) is 0 Å². The smallest absolute Gasteiger partial charge is 0.0634 e. The number of nitrogens with zero attached hydrogens (tertiary/aromatic N) is 4. The summed E-state index contributed by atoms with van der Waals surface area (Å²) in [6, 6.07) is 122. The van der Waals surface area contributed by atoms with Gasteiger partial charge in [0.15, 0.2) is 0 Å². The third-order valence-electron chi connectivity index (χ3n) is 20.7. The van der Waals surface area contributed by atoms with Crippen LogP contribution in [0.2, 0.25) is 0 Å². The number of hydrogen-bond donors (Lipinski definition) is 0. The average molecular weight is 1250 g/mol. The summed E-state index contributed by atoms with van der Waals surface area (Å²) in [7, 11) is 0. The average Bonchev–Trinajstić information content (AvgIpc) is 1.50. The van der Waals surface area contributed by atoms with E-state index in [2.05, 4.69) is 374 Å². The van der Waals surface area contributed by atoms with Crippen molar-refractivity contribution >= 4 is 110 Å². The van der Waals surface area contributed by atoms with Gasteiger partial charge in [0.1, 0.15) is 0 Å². The van der Waals surface area contributed by atoms with Gasteiger partial charge in [-0.2, -0.15) is 0 Å². The van der Waals surface area contributed by atoms with Crippen LogP contribution in [0.25, 0.3) is 143 Å². The van der Waals surface area contributed by atoms with Gasteiger partial charge in [-0.3, -0.25) is 0 Å². The molecule has 0 aliphatic rings. The van der Waals surface area contributed by atoms with E-state index in [1.54, 1.807) is 0 Å². The van der Waals surface area contributed by atoms with E-state index in [4.69, 9.17) is 0 Å². The zero-order valence-corrected chi connectivity index (χ0v) is 55.0. The summed E-state index contributed by atoms with van der Waals surface area (Å²) in [4.78, 5) is 5.01. The van der Waals surface area contributed by atoms with Crippen LogP contribution in [0.4, 0.5) is 34.1 Å². The summed E-state index contributed by atoms with van der Waals surface area (Å²) in [6.07, 6.45) is 0. The summed E-state index contributed by atoms with van der Waals surface area (Å²) >= 11 is 0. The standard InChI is InChI=1S/C94H66N4/c1-59-51-72(66-31-17-8-18-32-66)53-75(52-59)95(84-54-69(44-41-60(84)2)63-25-11-5-12-26-63)73-47-49-82-80(57-73)76-37-23-39-78-89-88(68-35-21-10-22-36-68)94-90(87(67-33-19-9-20-34-67)93(89)97(82)91(76)78)79-40-24-38-77-81-58-74(48-50-83(81)98(94)92(77)79)96(85-55-70(45-42-61(85)3)64-27-13-6-14-28-64)86-56-71(46-43-62(86)4)65-29-15-7-16-30-65/h5-58H,1-4H3. The molecule has 0 saturated heterocycles. The Morgan fingerprint density at radius 1 is 0.214 bits per heavy atom. The molecular weight excluding hydrogens is 1190 g/mol. The third kappa shape index (κ3) is 8.91. The van der Waals surface area contributed by atoms with E-state index in [1.165, 1.54) is 165 Å². The van der Waals surface area contributed by atoms with E-state index in [1.807, 2.05) is 0 Å². The topological polar surface area (TPSA) is 15.3 Å². The van der Waals surface area contributed by atoms with Crippen molar-refractivity contribution in [2.75, 3.05) is 9.80 Å². The number of fused-ring (bicyclic) bond motifs is 12. The highest BCUT2D eigenvalue weighted by molar-refractivity contribution is 6.38. The Kier molecular flexibility index (Phi) is 13.1. The highest BCUT2D eigenvalue weighted by Gasteiger charge is 2.32. The summed E-state index contributed by atoms with van der Waals surface area (Å²) in [5.74, 6) is 0. The van der Waals surface area contributed by atoms with Crippen LogP contribution in [0, 0.1) is 27.7 Å². The van der Waals surface area contributed by atoms with Crippen molar-refractivity contribution in [2.24, 2.45) is 0 Å². The van der Waals surface area contributed by atoms with E-state index in [-0.39, 0.29) is 0 Å². The molecule has 0 aliphatic heterocycles. The van der Waals surface area contributed by atoms with Crippen LogP contribution < -0.4 is 9.80 Å². The fourth-order valence-corrected chi connectivity index (χ4v) is 16.2. The van der Waals surface area contributed by atoms with E-state index in [0.29, 0.717) is 0 Å². The molecule has 0 bridgehead atoms. The second-order valence-electron chi connectivity index (χ2n) is 26.6. The number of aryl methyl sites for hydroxylation is 4. The molecule has 0 fully saturated rings. The lowest BCUT2D eigenvalue weighted by Crippen LogP contribution is -2.13. The lowest BCUT2D eigenvalue weighted by Gasteiger charge is -2.30. The second kappa shape index (κ2) is 22.6. The molecular formula is C94H66N4. The number of rotatable bonds is 12. The van der Waals surface area contributed by atoms with Crippen molar-refractivity contribution < 1.29 is 0 Å². The molecule has 19 rings (SSSR count). The molecule has 0 atom stereocenters. The van der Waals surface area contributed by atoms with Crippen LogP contribution in [0.1, 0.15) is 22.3 Å². The molecule has 0 amide bonds.